The number of rotatable bonds is 4. The first-order valence-corrected chi connectivity index (χ1v) is 7.46. The van der Waals surface area contributed by atoms with E-state index in [0.717, 1.165) is 17.7 Å². The number of para-hydroxylation sites is 1. The lowest BCUT2D eigenvalue weighted by Gasteiger charge is -2.08. The summed E-state index contributed by atoms with van der Waals surface area (Å²) < 4.78 is 26.1. The van der Waals surface area contributed by atoms with Gasteiger partial charge in [0.05, 0.1) is 0 Å². The van der Waals surface area contributed by atoms with Gasteiger partial charge in [0, 0.05) is 17.4 Å². The zero-order chi connectivity index (χ0) is 17.8. The Morgan fingerprint density at radius 1 is 0.960 bits per heavy atom. The van der Waals surface area contributed by atoms with E-state index < -0.39 is 11.6 Å². The maximum Gasteiger partial charge on any atom is 0.276 e. The van der Waals surface area contributed by atoms with Crippen LogP contribution in [0.5, 0.6) is 0 Å². The highest BCUT2D eigenvalue weighted by Gasteiger charge is 2.10. The molecule has 0 saturated carbocycles. The predicted octanol–water partition coefficient (Wildman–Crippen LogP) is 4.06. The third kappa shape index (κ3) is 3.95. The fourth-order valence-corrected chi connectivity index (χ4v) is 2.14. The minimum atomic E-state index is -0.966. The summed E-state index contributed by atoms with van der Waals surface area (Å²) in [6.07, 6.45) is 0. The fraction of sp³-hybridized carbons (Fsp3) is 0.0556. The molecule has 0 radical (unpaired) electrons. The molecule has 0 saturated heterocycles. The SMILES string of the molecule is Cc1ccccc1NC(=O)c1ccc(Nc2ccc(F)c(F)c2)nn1. The zero-order valence-electron chi connectivity index (χ0n) is 13.3. The lowest BCUT2D eigenvalue weighted by Crippen LogP contribution is -2.15. The van der Waals surface area contributed by atoms with Gasteiger partial charge in [-0.2, -0.15) is 0 Å². The molecular weight excluding hydrogens is 326 g/mol. The van der Waals surface area contributed by atoms with Crippen molar-refractivity contribution in [2.75, 3.05) is 10.6 Å². The van der Waals surface area contributed by atoms with Crippen LogP contribution in [-0.4, -0.2) is 16.1 Å². The van der Waals surface area contributed by atoms with E-state index in [0.29, 0.717) is 17.2 Å². The number of aromatic nitrogens is 2. The number of nitrogens with one attached hydrogen (secondary N) is 2. The number of benzene rings is 2. The number of hydrogen-bond acceptors (Lipinski definition) is 4. The number of carbonyl (C=O) groups excluding carboxylic acids is 1. The molecule has 3 rings (SSSR count). The molecule has 0 bridgehead atoms. The first-order chi connectivity index (χ1) is 12.0. The second-order valence-corrected chi connectivity index (χ2v) is 5.33. The van der Waals surface area contributed by atoms with Gasteiger partial charge < -0.3 is 10.6 Å². The van der Waals surface area contributed by atoms with Crippen molar-refractivity contribution in [3.8, 4) is 0 Å². The van der Waals surface area contributed by atoms with Crippen LogP contribution in [0.25, 0.3) is 0 Å². The molecule has 0 aliphatic carbocycles. The highest BCUT2D eigenvalue weighted by atomic mass is 19.2. The smallest absolute Gasteiger partial charge is 0.276 e. The highest BCUT2D eigenvalue weighted by molar-refractivity contribution is 6.03. The first-order valence-electron chi connectivity index (χ1n) is 7.46. The van der Waals surface area contributed by atoms with Crippen LogP contribution in [-0.2, 0) is 0 Å². The topological polar surface area (TPSA) is 66.9 Å². The summed E-state index contributed by atoms with van der Waals surface area (Å²) in [6.45, 7) is 1.89. The Morgan fingerprint density at radius 3 is 2.44 bits per heavy atom. The molecule has 0 unspecified atom stereocenters. The standard InChI is InChI=1S/C18H14F2N4O/c1-11-4-2-3-5-15(11)22-18(25)16-8-9-17(24-23-16)21-12-6-7-13(19)14(20)10-12/h2-10H,1H3,(H,21,24)(H,22,25). The van der Waals surface area contributed by atoms with Crippen molar-refractivity contribution >= 4 is 23.1 Å². The van der Waals surface area contributed by atoms with Crippen LogP contribution in [0.15, 0.2) is 54.6 Å². The maximum absolute atomic E-state index is 13.2. The fourth-order valence-electron chi connectivity index (χ4n) is 2.14. The largest absolute Gasteiger partial charge is 0.339 e. The average Bonchev–Trinajstić information content (AvgIpc) is 2.61. The molecule has 0 atom stereocenters. The molecule has 7 heteroatoms. The van der Waals surface area contributed by atoms with E-state index in [9.17, 15) is 13.6 Å². The van der Waals surface area contributed by atoms with Crippen LogP contribution >= 0.6 is 0 Å². The van der Waals surface area contributed by atoms with Crippen molar-refractivity contribution in [2.45, 2.75) is 6.92 Å². The molecule has 0 aliphatic rings. The molecule has 0 fully saturated rings. The van der Waals surface area contributed by atoms with E-state index >= 15 is 0 Å². The Morgan fingerprint density at radius 2 is 1.76 bits per heavy atom. The third-order valence-corrected chi connectivity index (χ3v) is 3.48. The second kappa shape index (κ2) is 7.04. The Hall–Kier alpha value is -3.35. The molecule has 0 aliphatic heterocycles. The van der Waals surface area contributed by atoms with Crippen LogP contribution in [0.1, 0.15) is 16.1 Å². The quantitative estimate of drug-likeness (QED) is 0.752. The number of nitrogens with zero attached hydrogens (tertiary/aromatic N) is 2. The van der Waals surface area contributed by atoms with Gasteiger partial charge in [0.15, 0.2) is 23.1 Å². The minimum absolute atomic E-state index is 0.138. The number of anilines is 3. The molecule has 1 aromatic heterocycles. The molecule has 25 heavy (non-hydrogen) atoms. The van der Waals surface area contributed by atoms with Gasteiger partial charge in [-0.05, 0) is 42.8 Å². The van der Waals surface area contributed by atoms with E-state index in [1.54, 1.807) is 6.07 Å². The van der Waals surface area contributed by atoms with E-state index in [1.165, 1.54) is 18.2 Å². The van der Waals surface area contributed by atoms with E-state index in [2.05, 4.69) is 20.8 Å². The number of hydrogen-bond donors (Lipinski definition) is 2. The summed E-state index contributed by atoms with van der Waals surface area (Å²) >= 11 is 0. The Bertz CT molecular complexity index is 913. The summed E-state index contributed by atoms with van der Waals surface area (Å²) in [6, 6.07) is 13.8. The number of aryl methyl sites for hydroxylation is 1. The summed E-state index contributed by atoms with van der Waals surface area (Å²) in [5, 5.41) is 13.3. The van der Waals surface area contributed by atoms with E-state index in [1.807, 2.05) is 25.1 Å². The number of halogens is 2. The van der Waals surface area contributed by atoms with Gasteiger partial charge in [0.1, 0.15) is 0 Å². The van der Waals surface area contributed by atoms with Crippen molar-refractivity contribution in [1.82, 2.24) is 10.2 Å². The van der Waals surface area contributed by atoms with Gasteiger partial charge in [-0.15, -0.1) is 10.2 Å². The average molecular weight is 340 g/mol. The lowest BCUT2D eigenvalue weighted by molar-refractivity contribution is 0.102. The number of amides is 1. The normalized spacial score (nSPS) is 10.4. The molecule has 5 nitrogen and oxygen atoms in total. The lowest BCUT2D eigenvalue weighted by atomic mass is 10.2. The monoisotopic (exact) mass is 340 g/mol. The van der Waals surface area contributed by atoms with Gasteiger partial charge in [-0.1, -0.05) is 18.2 Å². The van der Waals surface area contributed by atoms with Crippen molar-refractivity contribution in [2.24, 2.45) is 0 Å². The summed E-state index contributed by atoms with van der Waals surface area (Å²) in [5.41, 5.74) is 2.09. The van der Waals surface area contributed by atoms with E-state index in [4.69, 9.17) is 0 Å². The van der Waals surface area contributed by atoms with Crippen molar-refractivity contribution in [3.63, 3.8) is 0 Å². The van der Waals surface area contributed by atoms with Crippen molar-refractivity contribution < 1.29 is 13.6 Å². The molecule has 1 amide bonds. The molecule has 0 spiro atoms. The Balaban J connectivity index is 1.70. The van der Waals surface area contributed by atoms with Crippen LogP contribution < -0.4 is 10.6 Å². The zero-order valence-corrected chi connectivity index (χ0v) is 13.3. The van der Waals surface area contributed by atoms with Crippen molar-refractivity contribution in [1.29, 1.82) is 0 Å². The Kier molecular flexibility index (Phi) is 4.65. The highest BCUT2D eigenvalue weighted by Crippen LogP contribution is 2.18. The van der Waals surface area contributed by atoms with Gasteiger partial charge in [-0.25, -0.2) is 8.78 Å². The van der Waals surface area contributed by atoms with Crippen LogP contribution in [0.4, 0.5) is 26.0 Å². The van der Waals surface area contributed by atoms with Gasteiger partial charge in [0.25, 0.3) is 5.91 Å². The Labute approximate surface area is 142 Å². The minimum Gasteiger partial charge on any atom is -0.339 e. The van der Waals surface area contributed by atoms with Gasteiger partial charge >= 0.3 is 0 Å². The van der Waals surface area contributed by atoms with Crippen LogP contribution in [0.3, 0.4) is 0 Å². The summed E-state index contributed by atoms with van der Waals surface area (Å²) in [4.78, 5) is 12.2. The van der Waals surface area contributed by atoms with Crippen LogP contribution in [0.2, 0.25) is 0 Å². The summed E-state index contributed by atoms with van der Waals surface area (Å²) in [7, 11) is 0. The number of carbonyl (C=O) groups is 1. The molecule has 126 valence electrons. The first kappa shape index (κ1) is 16.5. The molecule has 2 aromatic carbocycles. The molecule has 1 heterocycles. The molecule has 2 N–H and O–H groups in total. The summed E-state index contributed by atoms with van der Waals surface area (Å²) in [5.74, 6) is -1.98. The third-order valence-electron chi connectivity index (χ3n) is 3.48. The maximum atomic E-state index is 13.2. The molecular formula is C18H14F2N4O. The van der Waals surface area contributed by atoms with Gasteiger partial charge in [0.2, 0.25) is 0 Å². The van der Waals surface area contributed by atoms with Gasteiger partial charge in [-0.3, -0.25) is 4.79 Å². The predicted molar refractivity (Wildman–Crippen MR) is 90.8 cm³/mol. The van der Waals surface area contributed by atoms with Crippen molar-refractivity contribution in [3.05, 3.63) is 77.5 Å². The van der Waals surface area contributed by atoms with E-state index in [-0.39, 0.29) is 11.6 Å². The second-order valence-electron chi connectivity index (χ2n) is 5.33. The molecule has 3 aromatic rings. The van der Waals surface area contributed by atoms with Crippen LogP contribution in [0, 0.1) is 18.6 Å².